The molecule has 1 saturated heterocycles. The van der Waals surface area contributed by atoms with Crippen LogP contribution in [-0.2, 0) is 5.41 Å². The van der Waals surface area contributed by atoms with E-state index in [0.29, 0.717) is 22.2 Å². The molecule has 2 aromatic carbocycles. The monoisotopic (exact) mass is 414 g/mol. The Balaban J connectivity index is 1.70. The molecule has 0 saturated carbocycles. The second-order valence-electron chi connectivity index (χ2n) is 7.91. The Morgan fingerprint density at radius 3 is 2.61 bits per heavy atom. The van der Waals surface area contributed by atoms with Crippen LogP contribution in [-0.4, -0.2) is 37.0 Å². The third kappa shape index (κ3) is 3.36. The highest BCUT2D eigenvalue weighted by atomic mass is 35.5. The first-order valence-corrected chi connectivity index (χ1v) is 10.4. The van der Waals surface area contributed by atoms with Crippen LogP contribution in [0.2, 0.25) is 10.0 Å². The van der Waals surface area contributed by atoms with E-state index in [0.717, 1.165) is 38.2 Å². The molecule has 0 unspecified atom stereocenters. The summed E-state index contributed by atoms with van der Waals surface area (Å²) in [6.45, 7) is 9.62. The number of nitrogens with zero attached hydrogens (tertiary/aromatic N) is 2. The largest absolute Gasteiger partial charge is 0.307 e. The summed E-state index contributed by atoms with van der Waals surface area (Å²) >= 11 is 12.4. The summed E-state index contributed by atoms with van der Waals surface area (Å²) in [5, 5.41) is 0.929. The second-order valence-corrected chi connectivity index (χ2v) is 8.75. The number of piperidine rings is 1. The molecule has 1 spiro atoms. The van der Waals surface area contributed by atoms with Crippen molar-refractivity contribution in [2.75, 3.05) is 31.1 Å². The minimum absolute atomic E-state index is 0.00752. The predicted molar refractivity (Wildman–Crippen MR) is 117 cm³/mol. The predicted octanol–water partition coefficient (Wildman–Crippen LogP) is 5.48. The molecule has 5 heteroatoms. The maximum absolute atomic E-state index is 13.4. The first kappa shape index (κ1) is 19.5. The van der Waals surface area contributed by atoms with Gasteiger partial charge in [-0.2, -0.15) is 0 Å². The van der Waals surface area contributed by atoms with Gasteiger partial charge in [0.25, 0.3) is 5.91 Å². The number of amides is 1. The summed E-state index contributed by atoms with van der Waals surface area (Å²) < 4.78 is 0. The number of anilines is 1. The number of hydrogen-bond donors (Lipinski definition) is 0. The van der Waals surface area contributed by atoms with Crippen LogP contribution in [0.3, 0.4) is 0 Å². The molecule has 4 rings (SSSR count). The van der Waals surface area contributed by atoms with E-state index in [1.807, 2.05) is 11.0 Å². The lowest BCUT2D eigenvalue weighted by Gasteiger charge is -2.39. The molecular formula is C23H24Cl2N2O. The van der Waals surface area contributed by atoms with E-state index in [-0.39, 0.29) is 11.3 Å². The van der Waals surface area contributed by atoms with Crippen LogP contribution < -0.4 is 4.90 Å². The average Bonchev–Trinajstić information content (AvgIpc) is 2.97. The number of halogens is 2. The molecule has 0 bridgehead atoms. The lowest BCUT2D eigenvalue weighted by molar-refractivity contribution is 0.0978. The van der Waals surface area contributed by atoms with Gasteiger partial charge in [0, 0.05) is 29.2 Å². The van der Waals surface area contributed by atoms with E-state index in [2.05, 4.69) is 36.6 Å². The van der Waals surface area contributed by atoms with Crippen LogP contribution in [0.1, 0.15) is 34.3 Å². The highest BCUT2D eigenvalue weighted by Gasteiger charge is 2.46. The SMILES string of the molecule is C=CCN1CCC2(CC1)CN(C(=O)c1ccc(Cl)cc1Cl)c1ccc(C)cc12. The zero-order valence-electron chi connectivity index (χ0n) is 16.0. The van der Waals surface area contributed by atoms with Crippen molar-refractivity contribution in [1.29, 1.82) is 0 Å². The first-order valence-electron chi connectivity index (χ1n) is 9.65. The number of fused-ring (bicyclic) bond motifs is 2. The number of hydrogen-bond acceptors (Lipinski definition) is 2. The summed E-state index contributed by atoms with van der Waals surface area (Å²) in [5.74, 6) is -0.0582. The van der Waals surface area contributed by atoms with E-state index in [1.165, 1.54) is 11.1 Å². The molecule has 0 aliphatic carbocycles. The molecule has 1 amide bonds. The molecule has 3 nitrogen and oxygen atoms in total. The topological polar surface area (TPSA) is 23.6 Å². The zero-order valence-corrected chi connectivity index (χ0v) is 17.6. The van der Waals surface area contributed by atoms with E-state index in [9.17, 15) is 4.79 Å². The molecule has 0 N–H and O–H groups in total. The van der Waals surface area contributed by atoms with Crippen molar-refractivity contribution >= 4 is 34.8 Å². The first-order chi connectivity index (χ1) is 13.4. The van der Waals surface area contributed by atoms with Gasteiger partial charge in [-0.05, 0) is 62.7 Å². The fraction of sp³-hybridized carbons (Fsp3) is 0.348. The Labute approximate surface area is 176 Å². The van der Waals surface area contributed by atoms with Crippen molar-refractivity contribution < 1.29 is 4.79 Å². The molecule has 2 heterocycles. The zero-order chi connectivity index (χ0) is 19.9. The van der Waals surface area contributed by atoms with Gasteiger partial charge in [-0.1, -0.05) is 47.0 Å². The summed E-state index contributed by atoms with van der Waals surface area (Å²) in [5.41, 5.74) is 4.04. The maximum Gasteiger partial charge on any atom is 0.259 e. The van der Waals surface area contributed by atoms with Crippen LogP contribution in [0.25, 0.3) is 0 Å². The smallest absolute Gasteiger partial charge is 0.259 e. The van der Waals surface area contributed by atoms with E-state index >= 15 is 0 Å². The van der Waals surface area contributed by atoms with Gasteiger partial charge in [0.1, 0.15) is 0 Å². The number of rotatable bonds is 3. The third-order valence-corrected chi connectivity index (χ3v) is 6.63. The van der Waals surface area contributed by atoms with E-state index in [1.54, 1.807) is 18.2 Å². The second kappa shape index (κ2) is 7.55. The molecular weight excluding hydrogens is 391 g/mol. The van der Waals surface area contributed by atoms with Gasteiger partial charge >= 0.3 is 0 Å². The van der Waals surface area contributed by atoms with Crippen LogP contribution in [0.5, 0.6) is 0 Å². The molecule has 2 aromatic rings. The van der Waals surface area contributed by atoms with Crippen molar-refractivity contribution in [3.8, 4) is 0 Å². The van der Waals surface area contributed by atoms with Crippen LogP contribution >= 0.6 is 23.2 Å². The molecule has 1 fully saturated rings. The van der Waals surface area contributed by atoms with Gasteiger partial charge < -0.3 is 4.90 Å². The lowest BCUT2D eigenvalue weighted by atomic mass is 9.74. The van der Waals surface area contributed by atoms with Crippen LogP contribution in [0.15, 0.2) is 49.1 Å². The van der Waals surface area contributed by atoms with Gasteiger partial charge in [0.05, 0.1) is 10.6 Å². The highest BCUT2D eigenvalue weighted by molar-refractivity contribution is 6.37. The average molecular weight is 415 g/mol. The van der Waals surface area contributed by atoms with Crippen molar-refractivity contribution in [2.45, 2.75) is 25.2 Å². The minimum atomic E-state index is -0.0582. The van der Waals surface area contributed by atoms with Crippen LogP contribution in [0.4, 0.5) is 5.69 Å². The summed E-state index contributed by atoms with van der Waals surface area (Å²) in [7, 11) is 0. The molecule has 0 aromatic heterocycles. The summed E-state index contributed by atoms with van der Waals surface area (Å²) in [6.07, 6.45) is 4.04. The Kier molecular flexibility index (Phi) is 5.26. The molecule has 146 valence electrons. The third-order valence-electron chi connectivity index (χ3n) is 6.08. The lowest BCUT2D eigenvalue weighted by Crippen LogP contribution is -2.46. The number of aryl methyl sites for hydroxylation is 1. The van der Waals surface area contributed by atoms with E-state index in [4.69, 9.17) is 23.2 Å². The van der Waals surface area contributed by atoms with E-state index < -0.39 is 0 Å². The number of carbonyl (C=O) groups excluding carboxylic acids is 1. The number of benzene rings is 2. The molecule has 28 heavy (non-hydrogen) atoms. The summed E-state index contributed by atoms with van der Waals surface area (Å²) in [6, 6.07) is 11.5. The van der Waals surface area contributed by atoms with Crippen molar-refractivity contribution in [3.05, 3.63) is 75.8 Å². The van der Waals surface area contributed by atoms with Gasteiger partial charge in [-0.3, -0.25) is 9.69 Å². The summed E-state index contributed by atoms with van der Waals surface area (Å²) in [4.78, 5) is 17.7. The molecule has 0 atom stereocenters. The standard InChI is InChI=1S/C23H24Cl2N2O/c1-3-10-26-11-8-23(9-12-26)15-27(21-7-4-16(2)13-19(21)23)22(28)18-6-5-17(24)14-20(18)25/h3-7,13-14H,1,8-12,15H2,2H3. The van der Waals surface area contributed by atoms with Gasteiger partial charge in [0.2, 0.25) is 0 Å². The Hall–Kier alpha value is -1.81. The number of likely N-dealkylation sites (tertiary alicyclic amines) is 1. The highest BCUT2D eigenvalue weighted by Crippen LogP contribution is 2.48. The molecule has 2 aliphatic rings. The Bertz CT molecular complexity index is 932. The Morgan fingerprint density at radius 1 is 1.18 bits per heavy atom. The fourth-order valence-corrected chi connectivity index (χ4v) is 5.04. The van der Waals surface area contributed by atoms with Crippen LogP contribution in [0, 0.1) is 6.92 Å². The fourth-order valence-electron chi connectivity index (χ4n) is 4.55. The Morgan fingerprint density at radius 2 is 1.93 bits per heavy atom. The quantitative estimate of drug-likeness (QED) is 0.620. The van der Waals surface area contributed by atoms with Gasteiger partial charge in [-0.15, -0.1) is 6.58 Å². The van der Waals surface area contributed by atoms with Crippen molar-refractivity contribution in [3.63, 3.8) is 0 Å². The minimum Gasteiger partial charge on any atom is -0.307 e. The molecule has 0 radical (unpaired) electrons. The number of carbonyl (C=O) groups is 1. The van der Waals surface area contributed by atoms with Crippen molar-refractivity contribution in [2.24, 2.45) is 0 Å². The van der Waals surface area contributed by atoms with Gasteiger partial charge in [-0.25, -0.2) is 0 Å². The van der Waals surface area contributed by atoms with Gasteiger partial charge in [0.15, 0.2) is 0 Å². The van der Waals surface area contributed by atoms with Crippen molar-refractivity contribution in [1.82, 2.24) is 4.90 Å². The molecule has 2 aliphatic heterocycles. The maximum atomic E-state index is 13.4. The normalized spacial score (nSPS) is 18.3.